The first-order valence-electron chi connectivity index (χ1n) is 6.59. The van der Waals surface area contributed by atoms with Crippen LogP contribution in [0, 0.1) is 0 Å². The number of hydrogen-bond donors (Lipinski definition) is 2. The highest BCUT2D eigenvalue weighted by Gasteiger charge is 2.13. The minimum Gasteiger partial charge on any atom is -0.507 e. The summed E-state index contributed by atoms with van der Waals surface area (Å²) in [5, 5.41) is 19.5. The van der Waals surface area contributed by atoms with E-state index in [0.717, 1.165) is 42.4 Å². The van der Waals surface area contributed by atoms with Crippen molar-refractivity contribution in [3.05, 3.63) is 28.8 Å². The Morgan fingerprint density at radius 3 is 2.47 bits per heavy atom. The zero-order valence-electron chi connectivity index (χ0n) is 11.2. The van der Waals surface area contributed by atoms with Gasteiger partial charge in [-0.15, -0.1) is 0 Å². The fraction of sp³-hybridized carbons (Fsp3) is 0.600. The predicted molar refractivity (Wildman–Crippen MR) is 71.3 cm³/mol. The fourth-order valence-electron chi connectivity index (χ4n) is 2.03. The van der Waals surface area contributed by atoms with Gasteiger partial charge in [-0.05, 0) is 54.0 Å². The summed E-state index contributed by atoms with van der Waals surface area (Å²) >= 11 is 0. The van der Waals surface area contributed by atoms with Crippen LogP contribution in [0.5, 0.6) is 5.75 Å². The molecule has 0 aliphatic heterocycles. The van der Waals surface area contributed by atoms with Gasteiger partial charge >= 0.3 is 0 Å². The topological polar surface area (TPSA) is 40.5 Å². The molecule has 0 aliphatic rings. The van der Waals surface area contributed by atoms with Crippen LogP contribution in [0.1, 0.15) is 62.6 Å². The number of aliphatic hydroxyl groups is 1. The van der Waals surface area contributed by atoms with Crippen molar-refractivity contribution in [2.24, 2.45) is 0 Å². The molecule has 96 valence electrons. The van der Waals surface area contributed by atoms with Crippen LogP contribution < -0.4 is 0 Å². The van der Waals surface area contributed by atoms with E-state index >= 15 is 0 Å². The average Bonchev–Trinajstić information content (AvgIpc) is 2.36. The molecular weight excluding hydrogens is 212 g/mol. The van der Waals surface area contributed by atoms with Crippen molar-refractivity contribution in [3.8, 4) is 5.75 Å². The van der Waals surface area contributed by atoms with Gasteiger partial charge in [0.2, 0.25) is 0 Å². The summed E-state index contributed by atoms with van der Waals surface area (Å²) in [5.41, 5.74) is 2.86. The normalized spacial score (nSPS) is 12.7. The first-order chi connectivity index (χ1) is 8.13. The molecule has 0 bridgehead atoms. The summed E-state index contributed by atoms with van der Waals surface area (Å²) in [6.45, 7) is 6.41. The van der Waals surface area contributed by atoms with Gasteiger partial charge in [-0.2, -0.15) is 0 Å². The number of phenolic OH excluding ortho intramolecular Hbond substituents is 1. The van der Waals surface area contributed by atoms with Crippen LogP contribution in [0.15, 0.2) is 12.1 Å². The van der Waals surface area contributed by atoms with E-state index in [1.165, 1.54) is 0 Å². The Bertz CT molecular complexity index is 358. The predicted octanol–water partition coefficient (Wildman–Crippen LogP) is 3.74. The molecule has 0 fully saturated rings. The molecule has 0 saturated heterocycles. The summed E-state index contributed by atoms with van der Waals surface area (Å²) in [6.07, 6.45) is 4.07. The van der Waals surface area contributed by atoms with Crippen LogP contribution in [0.4, 0.5) is 0 Å². The number of phenols is 1. The molecular formula is C15H24O2. The van der Waals surface area contributed by atoms with E-state index in [0.29, 0.717) is 11.7 Å². The maximum atomic E-state index is 10.3. The Morgan fingerprint density at radius 2 is 1.94 bits per heavy atom. The molecule has 0 aromatic heterocycles. The van der Waals surface area contributed by atoms with Crippen LogP contribution in [-0.4, -0.2) is 10.2 Å². The second kappa shape index (κ2) is 6.65. The Morgan fingerprint density at radius 1 is 1.24 bits per heavy atom. The van der Waals surface area contributed by atoms with Gasteiger partial charge in [-0.25, -0.2) is 0 Å². The third-order valence-corrected chi connectivity index (χ3v) is 3.40. The number of aryl methyl sites for hydroxylation is 1. The van der Waals surface area contributed by atoms with Gasteiger partial charge in [0.1, 0.15) is 5.75 Å². The summed E-state index contributed by atoms with van der Waals surface area (Å²) in [7, 11) is 0. The van der Waals surface area contributed by atoms with E-state index in [4.69, 9.17) is 0 Å². The summed E-state index contributed by atoms with van der Waals surface area (Å²) in [5.74, 6) is 0.770. The summed E-state index contributed by atoms with van der Waals surface area (Å²) in [6, 6.07) is 3.86. The van der Waals surface area contributed by atoms with E-state index in [2.05, 4.69) is 20.8 Å². The largest absolute Gasteiger partial charge is 0.507 e. The van der Waals surface area contributed by atoms with Crippen molar-refractivity contribution >= 4 is 0 Å². The highest BCUT2D eigenvalue weighted by molar-refractivity contribution is 5.45. The van der Waals surface area contributed by atoms with Gasteiger partial charge in [-0.1, -0.05) is 27.2 Å². The van der Waals surface area contributed by atoms with Gasteiger partial charge in [0.15, 0.2) is 0 Å². The maximum absolute atomic E-state index is 10.3. The van der Waals surface area contributed by atoms with Crippen LogP contribution >= 0.6 is 0 Å². The van der Waals surface area contributed by atoms with Crippen molar-refractivity contribution in [1.29, 1.82) is 0 Å². The second-order valence-electron chi connectivity index (χ2n) is 4.76. The Balaban J connectivity index is 3.11. The van der Waals surface area contributed by atoms with Gasteiger partial charge in [0.05, 0.1) is 6.61 Å². The number of aromatic hydroxyl groups is 1. The lowest BCUT2D eigenvalue weighted by Crippen LogP contribution is -1.99. The first-order valence-corrected chi connectivity index (χ1v) is 6.59. The zero-order chi connectivity index (χ0) is 12.8. The molecule has 17 heavy (non-hydrogen) atoms. The molecule has 1 rings (SSSR count). The quantitative estimate of drug-likeness (QED) is 0.790. The second-order valence-corrected chi connectivity index (χ2v) is 4.76. The zero-order valence-corrected chi connectivity index (χ0v) is 11.2. The van der Waals surface area contributed by atoms with Gasteiger partial charge < -0.3 is 10.2 Å². The molecule has 2 nitrogen and oxygen atoms in total. The van der Waals surface area contributed by atoms with Crippen molar-refractivity contribution < 1.29 is 10.2 Å². The van der Waals surface area contributed by atoms with Crippen molar-refractivity contribution in [2.75, 3.05) is 0 Å². The van der Waals surface area contributed by atoms with Crippen molar-refractivity contribution in [3.63, 3.8) is 0 Å². The van der Waals surface area contributed by atoms with E-state index in [1.54, 1.807) is 0 Å². The number of benzene rings is 1. The molecule has 2 heteroatoms. The van der Waals surface area contributed by atoms with Crippen LogP contribution in [0.3, 0.4) is 0 Å². The fourth-order valence-corrected chi connectivity index (χ4v) is 2.03. The highest BCUT2D eigenvalue weighted by Crippen LogP contribution is 2.33. The number of rotatable bonds is 6. The summed E-state index contributed by atoms with van der Waals surface area (Å²) in [4.78, 5) is 0. The Hall–Kier alpha value is -1.02. The smallest absolute Gasteiger partial charge is 0.122 e. The molecule has 0 radical (unpaired) electrons. The minimum absolute atomic E-state index is 0.0445. The van der Waals surface area contributed by atoms with Crippen LogP contribution in [0.2, 0.25) is 0 Å². The van der Waals surface area contributed by atoms with Crippen molar-refractivity contribution in [1.82, 2.24) is 0 Å². The Kier molecular flexibility index (Phi) is 5.49. The van der Waals surface area contributed by atoms with E-state index < -0.39 is 0 Å². The first kappa shape index (κ1) is 14.0. The van der Waals surface area contributed by atoms with E-state index in [1.807, 2.05) is 12.1 Å². The highest BCUT2D eigenvalue weighted by atomic mass is 16.3. The SMILES string of the molecule is CCCCc1cc(CO)cc(C(C)CC)c1O. The van der Waals surface area contributed by atoms with E-state index in [9.17, 15) is 10.2 Å². The lowest BCUT2D eigenvalue weighted by molar-refractivity contribution is 0.281. The van der Waals surface area contributed by atoms with Crippen LogP contribution in [-0.2, 0) is 13.0 Å². The summed E-state index contributed by atoms with van der Waals surface area (Å²) < 4.78 is 0. The monoisotopic (exact) mass is 236 g/mol. The van der Waals surface area contributed by atoms with E-state index in [-0.39, 0.29) is 6.61 Å². The lowest BCUT2D eigenvalue weighted by Gasteiger charge is -2.16. The molecule has 1 unspecified atom stereocenters. The van der Waals surface area contributed by atoms with Crippen LogP contribution in [0.25, 0.3) is 0 Å². The van der Waals surface area contributed by atoms with Crippen molar-refractivity contribution in [2.45, 2.75) is 59.0 Å². The molecule has 0 saturated carbocycles. The lowest BCUT2D eigenvalue weighted by atomic mass is 9.92. The number of aliphatic hydroxyl groups excluding tert-OH is 1. The molecule has 1 aromatic carbocycles. The third-order valence-electron chi connectivity index (χ3n) is 3.40. The van der Waals surface area contributed by atoms with Gasteiger partial charge in [0.25, 0.3) is 0 Å². The molecule has 0 amide bonds. The number of hydrogen-bond acceptors (Lipinski definition) is 2. The average molecular weight is 236 g/mol. The minimum atomic E-state index is 0.0445. The Labute approximate surface area is 104 Å². The molecule has 0 spiro atoms. The standard InChI is InChI=1S/C15H24O2/c1-4-6-7-13-8-12(10-16)9-14(15(13)17)11(3)5-2/h8-9,11,16-17H,4-7,10H2,1-3H3. The molecule has 0 heterocycles. The van der Waals surface area contributed by atoms with Gasteiger partial charge in [0, 0.05) is 0 Å². The van der Waals surface area contributed by atoms with Gasteiger partial charge in [-0.3, -0.25) is 0 Å². The maximum Gasteiger partial charge on any atom is 0.122 e. The molecule has 1 aromatic rings. The number of unbranched alkanes of at least 4 members (excludes halogenated alkanes) is 1. The molecule has 0 aliphatic carbocycles. The third kappa shape index (κ3) is 3.47. The molecule has 1 atom stereocenters. The molecule has 2 N–H and O–H groups in total.